The number of thioether (sulfide) groups is 1. The third kappa shape index (κ3) is 5.79. The summed E-state index contributed by atoms with van der Waals surface area (Å²) in [5.41, 5.74) is 2.30. The molecule has 0 atom stereocenters. The van der Waals surface area contributed by atoms with Gasteiger partial charge in [0.05, 0.1) is 16.2 Å². The first-order chi connectivity index (χ1) is 20.8. The lowest BCUT2D eigenvalue weighted by Gasteiger charge is -2.10. The Balaban J connectivity index is 1.38. The maximum atomic E-state index is 13.9. The molecule has 0 aliphatic heterocycles. The topological polar surface area (TPSA) is 98.9 Å². The molecule has 43 heavy (non-hydrogen) atoms. The maximum Gasteiger partial charge on any atom is 0.268 e. The quantitative estimate of drug-likeness (QED) is 0.187. The molecule has 6 rings (SSSR count). The molecular weight excluding hydrogens is 609 g/mol. The van der Waals surface area contributed by atoms with Gasteiger partial charge in [0.2, 0.25) is 5.91 Å². The number of nitrogens with zero attached hydrogens (tertiary/aromatic N) is 4. The van der Waals surface area contributed by atoms with E-state index in [1.807, 2.05) is 24.3 Å². The van der Waals surface area contributed by atoms with Crippen LogP contribution in [0, 0.1) is 5.82 Å². The number of para-hydroxylation sites is 1. The molecule has 0 aliphatic rings. The summed E-state index contributed by atoms with van der Waals surface area (Å²) >= 11 is 7.35. The molecule has 8 nitrogen and oxygen atoms in total. The van der Waals surface area contributed by atoms with Gasteiger partial charge in [-0.25, -0.2) is 16.8 Å². The third-order valence-electron chi connectivity index (χ3n) is 6.70. The average Bonchev–Trinajstić information content (AvgIpc) is 3.62. The minimum absolute atomic E-state index is 0.0218. The van der Waals surface area contributed by atoms with Gasteiger partial charge >= 0.3 is 0 Å². The highest BCUT2D eigenvalue weighted by Gasteiger charge is 2.25. The summed E-state index contributed by atoms with van der Waals surface area (Å²) in [4.78, 5) is 12.9. The molecule has 0 spiro atoms. The third-order valence-corrected chi connectivity index (χ3v) is 9.69. The fourth-order valence-electron chi connectivity index (χ4n) is 4.61. The van der Waals surface area contributed by atoms with Gasteiger partial charge in [-0.15, -0.1) is 10.2 Å². The van der Waals surface area contributed by atoms with E-state index < -0.39 is 15.8 Å². The van der Waals surface area contributed by atoms with Gasteiger partial charge in [0, 0.05) is 34.4 Å². The van der Waals surface area contributed by atoms with Gasteiger partial charge in [-0.3, -0.25) is 9.36 Å². The van der Waals surface area contributed by atoms with Crippen molar-refractivity contribution in [2.75, 3.05) is 5.75 Å². The van der Waals surface area contributed by atoms with Crippen LogP contribution in [0.15, 0.2) is 119 Å². The minimum atomic E-state index is -3.94. The maximum absolute atomic E-state index is 13.9. The number of rotatable bonds is 9. The number of halogens is 2. The predicted molar refractivity (Wildman–Crippen MR) is 165 cm³/mol. The summed E-state index contributed by atoms with van der Waals surface area (Å²) in [6, 6.07) is 28.3. The number of amides is 1. The van der Waals surface area contributed by atoms with Gasteiger partial charge in [0.25, 0.3) is 10.0 Å². The van der Waals surface area contributed by atoms with Gasteiger partial charge < -0.3 is 5.32 Å². The monoisotopic (exact) mass is 631 g/mol. The van der Waals surface area contributed by atoms with Crippen LogP contribution in [0.3, 0.4) is 0 Å². The Kier molecular flexibility index (Phi) is 8.02. The molecule has 4 aromatic carbocycles. The van der Waals surface area contributed by atoms with Crippen molar-refractivity contribution in [1.82, 2.24) is 24.1 Å². The molecule has 0 fully saturated rings. The second kappa shape index (κ2) is 12.0. The molecule has 12 heteroatoms. The zero-order valence-electron chi connectivity index (χ0n) is 22.4. The van der Waals surface area contributed by atoms with Crippen LogP contribution in [-0.4, -0.2) is 38.8 Å². The van der Waals surface area contributed by atoms with Gasteiger partial charge in [-0.2, -0.15) is 0 Å². The molecule has 2 heterocycles. The Morgan fingerprint density at radius 3 is 2.35 bits per heavy atom. The molecular formula is C31H23ClFN5O3S2. The zero-order chi connectivity index (χ0) is 30.0. The van der Waals surface area contributed by atoms with E-state index in [1.54, 1.807) is 59.2 Å². The van der Waals surface area contributed by atoms with E-state index in [2.05, 4.69) is 15.5 Å². The van der Waals surface area contributed by atoms with E-state index >= 15 is 0 Å². The average molecular weight is 632 g/mol. The summed E-state index contributed by atoms with van der Waals surface area (Å²) in [6.45, 7) is 0.268. The lowest BCUT2D eigenvalue weighted by molar-refractivity contribution is -0.118. The molecule has 0 unspecified atom stereocenters. The molecule has 1 amide bonds. The zero-order valence-corrected chi connectivity index (χ0v) is 24.8. The highest BCUT2D eigenvalue weighted by molar-refractivity contribution is 7.99. The van der Waals surface area contributed by atoms with Crippen molar-refractivity contribution in [3.8, 4) is 17.1 Å². The fraction of sp³-hybridized carbons (Fsp3) is 0.0645. The Morgan fingerprint density at radius 1 is 0.884 bits per heavy atom. The fourth-order valence-corrected chi connectivity index (χ4v) is 6.99. The number of nitrogens with one attached hydrogen (secondary N) is 1. The van der Waals surface area contributed by atoms with Crippen molar-refractivity contribution < 1.29 is 17.6 Å². The van der Waals surface area contributed by atoms with Crippen LogP contribution in [0.5, 0.6) is 0 Å². The highest BCUT2D eigenvalue weighted by atomic mass is 35.5. The van der Waals surface area contributed by atoms with E-state index in [9.17, 15) is 17.6 Å². The number of benzene rings is 4. The van der Waals surface area contributed by atoms with Crippen LogP contribution < -0.4 is 5.32 Å². The van der Waals surface area contributed by atoms with Gasteiger partial charge in [0.1, 0.15) is 5.82 Å². The predicted octanol–water partition coefficient (Wildman–Crippen LogP) is 6.33. The van der Waals surface area contributed by atoms with Gasteiger partial charge in [-0.05, 0) is 54.1 Å². The first kappa shape index (κ1) is 28.7. The first-order valence-electron chi connectivity index (χ1n) is 13.1. The Bertz CT molecular complexity index is 2050. The van der Waals surface area contributed by atoms with Crippen molar-refractivity contribution in [1.29, 1.82) is 0 Å². The smallest absolute Gasteiger partial charge is 0.268 e. The highest BCUT2D eigenvalue weighted by Crippen LogP contribution is 2.35. The van der Waals surface area contributed by atoms with Crippen molar-refractivity contribution in [3.63, 3.8) is 0 Å². The minimum Gasteiger partial charge on any atom is -0.351 e. The molecule has 0 aliphatic carbocycles. The van der Waals surface area contributed by atoms with Crippen LogP contribution in [0.1, 0.15) is 5.56 Å². The standard InChI is InChI=1S/C31H23ClFN5O3S2/c32-27-12-6-4-8-21(27)18-34-29(39)20-42-31-36-35-30(38(31)23-16-14-22(33)15-17-23)26-19-37(28-13-7-5-11-25(26)28)43(40,41)24-9-2-1-3-10-24/h1-17,19H,18,20H2,(H,34,39). The second-order valence-electron chi connectivity index (χ2n) is 9.45. The number of hydrogen-bond acceptors (Lipinski definition) is 6. The largest absolute Gasteiger partial charge is 0.351 e. The van der Waals surface area contributed by atoms with Crippen LogP contribution >= 0.6 is 23.4 Å². The van der Waals surface area contributed by atoms with Crippen molar-refractivity contribution >= 4 is 50.2 Å². The lowest BCUT2D eigenvalue weighted by Crippen LogP contribution is -2.24. The number of hydrogen-bond donors (Lipinski definition) is 1. The van der Waals surface area contributed by atoms with E-state index in [0.29, 0.717) is 38.2 Å². The van der Waals surface area contributed by atoms with Crippen LogP contribution in [0.25, 0.3) is 28.0 Å². The van der Waals surface area contributed by atoms with Crippen LogP contribution in [0.4, 0.5) is 4.39 Å². The summed E-state index contributed by atoms with van der Waals surface area (Å²) in [5.74, 6) is -0.306. The van der Waals surface area contributed by atoms with Crippen LogP contribution in [-0.2, 0) is 21.4 Å². The van der Waals surface area contributed by atoms with Crippen molar-refractivity contribution in [2.24, 2.45) is 0 Å². The number of aromatic nitrogens is 4. The Labute approximate surface area is 256 Å². The molecule has 0 bridgehead atoms. The van der Waals surface area contributed by atoms with E-state index in [0.717, 1.165) is 17.3 Å². The molecule has 0 radical (unpaired) electrons. The summed E-state index contributed by atoms with van der Waals surface area (Å²) in [6.07, 6.45) is 1.52. The van der Waals surface area contributed by atoms with Gasteiger partial charge in [0.15, 0.2) is 11.0 Å². The Morgan fingerprint density at radius 2 is 1.58 bits per heavy atom. The van der Waals surface area contributed by atoms with Crippen molar-refractivity contribution in [3.05, 3.63) is 126 Å². The van der Waals surface area contributed by atoms with E-state index in [-0.39, 0.29) is 23.1 Å². The SMILES string of the molecule is O=C(CSc1nnc(-c2cn(S(=O)(=O)c3ccccc3)c3ccccc23)n1-c1ccc(F)cc1)NCc1ccccc1Cl. The molecule has 0 saturated heterocycles. The second-order valence-corrected chi connectivity index (χ2v) is 12.6. The Hall–Kier alpha value is -4.45. The molecule has 1 N–H and O–H groups in total. The van der Waals surface area contributed by atoms with Gasteiger partial charge in [-0.1, -0.05) is 78.0 Å². The van der Waals surface area contributed by atoms with E-state index in [4.69, 9.17) is 11.6 Å². The number of carbonyl (C=O) groups is 1. The molecule has 6 aromatic rings. The number of carbonyl (C=O) groups excluding carboxylic acids is 1. The van der Waals surface area contributed by atoms with Crippen LogP contribution in [0.2, 0.25) is 5.02 Å². The normalized spacial score (nSPS) is 11.6. The summed E-state index contributed by atoms with van der Waals surface area (Å²) in [5, 5.41) is 13.2. The lowest BCUT2D eigenvalue weighted by atomic mass is 10.1. The molecule has 216 valence electrons. The number of fused-ring (bicyclic) bond motifs is 1. The molecule has 0 saturated carbocycles. The molecule has 2 aromatic heterocycles. The van der Waals surface area contributed by atoms with E-state index in [1.165, 1.54) is 34.4 Å². The first-order valence-corrected chi connectivity index (χ1v) is 15.9. The summed E-state index contributed by atoms with van der Waals surface area (Å²) < 4.78 is 44.1. The van der Waals surface area contributed by atoms with Crippen molar-refractivity contribution in [2.45, 2.75) is 16.6 Å². The summed E-state index contributed by atoms with van der Waals surface area (Å²) in [7, 11) is -3.94.